The number of halogens is 3. The number of hydrogen-bond acceptors (Lipinski definition) is 7. The summed E-state index contributed by atoms with van der Waals surface area (Å²) in [5.41, 5.74) is -0.0260. The smallest absolute Gasteiger partial charge is 0.396 e. The summed E-state index contributed by atoms with van der Waals surface area (Å²) in [5, 5.41) is 0.494. The molecule has 30 heavy (non-hydrogen) atoms. The van der Waals surface area contributed by atoms with Gasteiger partial charge in [-0.25, -0.2) is 13.4 Å². The van der Waals surface area contributed by atoms with E-state index in [0.717, 1.165) is 11.5 Å². The topological polar surface area (TPSA) is 75.6 Å². The third-order valence-electron chi connectivity index (χ3n) is 5.62. The highest BCUT2D eigenvalue weighted by atomic mass is 32.2. The van der Waals surface area contributed by atoms with Gasteiger partial charge in [-0.05, 0) is 37.1 Å². The Labute approximate surface area is 176 Å². The van der Waals surface area contributed by atoms with Crippen LogP contribution < -0.4 is 9.64 Å². The van der Waals surface area contributed by atoms with Gasteiger partial charge in [0.2, 0.25) is 15.2 Å². The van der Waals surface area contributed by atoms with Crippen LogP contribution in [-0.2, 0) is 16.4 Å². The fraction of sp³-hybridized carbons (Fsp3) is 0.556. The molecule has 0 amide bonds. The van der Waals surface area contributed by atoms with Crippen LogP contribution in [0.3, 0.4) is 0 Å². The van der Waals surface area contributed by atoms with E-state index >= 15 is 0 Å². The highest BCUT2D eigenvalue weighted by molar-refractivity contribution is 7.89. The van der Waals surface area contributed by atoms with Crippen molar-refractivity contribution in [2.75, 3.05) is 38.2 Å². The van der Waals surface area contributed by atoms with Crippen molar-refractivity contribution in [2.45, 2.75) is 30.3 Å². The zero-order valence-corrected chi connectivity index (χ0v) is 17.9. The van der Waals surface area contributed by atoms with E-state index in [4.69, 9.17) is 4.74 Å². The summed E-state index contributed by atoms with van der Waals surface area (Å²) in [6.07, 6.45) is -4.04. The molecule has 0 saturated carbocycles. The highest BCUT2D eigenvalue weighted by Gasteiger charge is 2.47. The fourth-order valence-electron chi connectivity index (χ4n) is 3.94. The number of aromatic nitrogens is 2. The lowest BCUT2D eigenvalue weighted by atomic mass is 9.73. The molecule has 12 heteroatoms. The monoisotopic (exact) mass is 462 g/mol. The first-order valence-electron chi connectivity index (χ1n) is 9.39. The van der Waals surface area contributed by atoms with Crippen molar-refractivity contribution in [3.05, 3.63) is 30.1 Å². The number of anilines is 1. The van der Waals surface area contributed by atoms with E-state index in [-0.39, 0.29) is 16.1 Å². The molecular weight excluding hydrogens is 441 g/mol. The van der Waals surface area contributed by atoms with Crippen molar-refractivity contribution < 1.29 is 26.3 Å². The van der Waals surface area contributed by atoms with Gasteiger partial charge in [-0.2, -0.15) is 21.9 Å². The molecule has 2 saturated heterocycles. The molecule has 0 unspecified atom stereocenters. The Morgan fingerprint density at radius 3 is 2.37 bits per heavy atom. The van der Waals surface area contributed by atoms with Crippen LogP contribution in [0, 0.1) is 5.41 Å². The van der Waals surface area contributed by atoms with Gasteiger partial charge < -0.3 is 9.64 Å². The first kappa shape index (κ1) is 21.3. The Kier molecular flexibility index (Phi) is 5.43. The number of hydrogen-bond donors (Lipinski definition) is 0. The van der Waals surface area contributed by atoms with Crippen LogP contribution in [0.25, 0.3) is 0 Å². The van der Waals surface area contributed by atoms with Crippen molar-refractivity contribution in [3.8, 4) is 5.75 Å². The summed E-state index contributed by atoms with van der Waals surface area (Å²) < 4.78 is 73.5. The molecule has 4 rings (SSSR count). The van der Waals surface area contributed by atoms with Gasteiger partial charge in [0.15, 0.2) is 5.82 Å². The number of sulfonamides is 1. The Bertz CT molecular complexity index is 992. The fourth-order valence-corrected chi connectivity index (χ4v) is 6.06. The summed E-state index contributed by atoms with van der Waals surface area (Å²) >= 11 is 0.975. The molecule has 1 aromatic carbocycles. The summed E-state index contributed by atoms with van der Waals surface area (Å²) in [5.74, 6) is 0.389. The molecule has 2 aromatic rings. The van der Waals surface area contributed by atoms with Crippen molar-refractivity contribution in [3.63, 3.8) is 0 Å². The van der Waals surface area contributed by atoms with E-state index in [1.165, 1.54) is 23.5 Å². The largest absolute Gasteiger partial charge is 0.497 e. The van der Waals surface area contributed by atoms with Crippen molar-refractivity contribution in [1.82, 2.24) is 13.7 Å². The van der Waals surface area contributed by atoms with Crippen LogP contribution in [0.1, 0.15) is 18.7 Å². The predicted molar refractivity (Wildman–Crippen MR) is 105 cm³/mol. The lowest BCUT2D eigenvalue weighted by molar-refractivity contribution is -0.128. The molecule has 0 radical (unpaired) electrons. The molecule has 0 N–H and O–H groups in total. The maximum atomic E-state index is 12.9. The van der Waals surface area contributed by atoms with Crippen LogP contribution in [0.2, 0.25) is 0 Å². The minimum Gasteiger partial charge on any atom is -0.497 e. The van der Waals surface area contributed by atoms with Gasteiger partial charge in [0.1, 0.15) is 12.2 Å². The number of piperidine rings is 1. The molecule has 2 fully saturated rings. The van der Waals surface area contributed by atoms with Crippen molar-refractivity contribution in [1.29, 1.82) is 0 Å². The van der Waals surface area contributed by atoms with Gasteiger partial charge in [0.05, 0.1) is 12.0 Å². The Hall–Kier alpha value is -1.92. The SMILES string of the molecule is COc1ccc(S(=O)(=O)N2CCC3(CC2)CN(c2nc(CC(F)(F)F)ns2)C3)cc1. The van der Waals surface area contributed by atoms with Crippen LogP contribution in [0.4, 0.5) is 18.3 Å². The number of benzene rings is 1. The second-order valence-corrected chi connectivity index (χ2v) is 10.4. The molecule has 2 aliphatic rings. The molecular formula is C18H21F3N4O3S2. The van der Waals surface area contributed by atoms with Gasteiger partial charge in [-0.1, -0.05) is 0 Å². The summed E-state index contributed by atoms with van der Waals surface area (Å²) in [4.78, 5) is 6.16. The average Bonchev–Trinajstić information content (AvgIpc) is 3.12. The molecule has 1 aromatic heterocycles. The van der Waals surface area contributed by atoms with Gasteiger partial charge in [0.25, 0.3) is 0 Å². The van der Waals surface area contributed by atoms with Crippen molar-refractivity contribution >= 4 is 26.7 Å². The Balaban J connectivity index is 1.34. The van der Waals surface area contributed by atoms with Crippen LogP contribution in [0.5, 0.6) is 5.75 Å². The van der Waals surface area contributed by atoms with Gasteiger partial charge in [-0.15, -0.1) is 0 Å². The number of nitrogens with zero attached hydrogens (tertiary/aromatic N) is 4. The van der Waals surface area contributed by atoms with E-state index in [1.807, 2.05) is 4.90 Å². The van der Waals surface area contributed by atoms with Crippen LogP contribution >= 0.6 is 11.5 Å². The average molecular weight is 463 g/mol. The number of methoxy groups -OCH3 is 1. The normalized spacial score (nSPS) is 19.7. The summed E-state index contributed by atoms with van der Waals surface area (Å²) in [6.45, 7) is 2.14. The second-order valence-electron chi connectivity index (χ2n) is 7.72. The lowest BCUT2D eigenvalue weighted by Gasteiger charge is -2.53. The first-order valence-corrected chi connectivity index (χ1v) is 11.6. The third-order valence-corrected chi connectivity index (χ3v) is 8.35. The molecule has 7 nitrogen and oxygen atoms in total. The molecule has 3 heterocycles. The molecule has 0 bridgehead atoms. The van der Waals surface area contributed by atoms with Crippen LogP contribution in [-0.4, -0.2) is 61.5 Å². The van der Waals surface area contributed by atoms with Gasteiger partial charge in [-0.3, -0.25) is 0 Å². The Morgan fingerprint density at radius 2 is 1.80 bits per heavy atom. The van der Waals surface area contributed by atoms with E-state index in [1.54, 1.807) is 12.1 Å². The molecule has 2 aliphatic heterocycles. The molecule has 0 aliphatic carbocycles. The molecule has 164 valence electrons. The standard InChI is InChI=1S/C18H21F3N4O3S2/c1-28-13-2-4-14(5-3-13)30(26,27)25-8-6-17(7-9-25)11-24(12-17)16-22-15(23-29-16)10-18(19,20)21/h2-5H,6-12H2,1H3. The minimum atomic E-state index is -4.32. The second kappa shape index (κ2) is 7.65. The summed E-state index contributed by atoms with van der Waals surface area (Å²) in [7, 11) is -2.04. The number of rotatable bonds is 5. The number of ether oxygens (including phenoxy) is 1. The van der Waals surface area contributed by atoms with E-state index < -0.39 is 22.6 Å². The van der Waals surface area contributed by atoms with E-state index in [9.17, 15) is 21.6 Å². The van der Waals surface area contributed by atoms with Crippen molar-refractivity contribution in [2.24, 2.45) is 5.41 Å². The lowest BCUT2D eigenvalue weighted by Crippen LogP contribution is -2.61. The van der Waals surface area contributed by atoms with E-state index in [2.05, 4.69) is 9.36 Å². The Morgan fingerprint density at radius 1 is 1.17 bits per heavy atom. The third kappa shape index (κ3) is 4.26. The first-order chi connectivity index (χ1) is 14.1. The molecule has 0 atom stereocenters. The number of alkyl halides is 3. The predicted octanol–water partition coefficient (Wildman–Crippen LogP) is 2.94. The zero-order valence-electron chi connectivity index (χ0n) is 16.2. The minimum absolute atomic E-state index is 0.0260. The van der Waals surface area contributed by atoms with Crippen LogP contribution in [0.15, 0.2) is 29.2 Å². The van der Waals surface area contributed by atoms with E-state index in [0.29, 0.717) is 49.9 Å². The highest BCUT2D eigenvalue weighted by Crippen LogP contribution is 2.44. The maximum Gasteiger partial charge on any atom is 0.396 e. The van der Waals surface area contributed by atoms with Gasteiger partial charge >= 0.3 is 6.18 Å². The zero-order chi connectivity index (χ0) is 21.6. The quantitative estimate of drug-likeness (QED) is 0.680. The molecule has 1 spiro atoms. The van der Waals surface area contributed by atoms with Gasteiger partial charge in [0, 0.05) is 43.1 Å². The summed E-state index contributed by atoms with van der Waals surface area (Å²) in [6, 6.07) is 6.32. The maximum absolute atomic E-state index is 12.9.